The van der Waals surface area contributed by atoms with Crippen LogP contribution in [0.15, 0.2) is 29.0 Å². The molecule has 0 fully saturated rings. The standard InChI is InChI=1S/C19H23FN6O3/c1-6-26-17(21-10-22-26)11(2)23-19(27)15-16(29-24-18(15)25(3)4)12-7-8-13(20)14(9-12)28-5/h7-11H,6H2,1-5H3,(H,23,27). The molecule has 0 saturated heterocycles. The molecule has 0 radical (unpaired) electrons. The van der Waals surface area contributed by atoms with Crippen molar-refractivity contribution in [2.45, 2.75) is 26.4 Å². The largest absolute Gasteiger partial charge is 0.494 e. The van der Waals surface area contributed by atoms with Gasteiger partial charge in [0.1, 0.15) is 17.7 Å². The summed E-state index contributed by atoms with van der Waals surface area (Å²) in [5.74, 6) is 0.335. The Morgan fingerprint density at radius 2 is 2.17 bits per heavy atom. The number of halogens is 1. The van der Waals surface area contributed by atoms with Crippen molar-refractivity contribution in [1.29, 1.82) is 0 Å². The number of aromatic nitrogens is 4. The van der Waals surface area contributed by atoms with E-state index < -0.39 is 17.8 Å². The summed E-state index contributed by atoms with van der Waals surface area (Å²) in [6, 6.07) is 3.82. The third-order valence-electron chi connectivity index (χ3n) is 4.42. The van der Waals surface area contributed by atoms with Crippen LogP contribution in [0, 0.1) is 5.82 Å². The molecule has 1 atom stereocenters. The number of hydrogen-bond acceptors (Lipinski definition) is 7. The number of nitrogens with zero attached hydrogens (tertiary/aromatic N) is 5. The lowest BCUT2D eigenvalue weighted by atomic mass is 10.1. The highest BCUT2D eigenvalue weighted by Crippen LogP contribution is 2.33. The second kappa shape index (κ2) is 8.29. The lowest BCUT2D eigenvalue weighted by Crippen LogP contribution is -2.30. The van der Waals surface area contributed by atoms with E-state index >= 15 is 0 Å². The molecule has 0 aliphatic carbocycles. The fraction of sp³-hybridized carbons (Fsp3) is 0.368. The number of anilines is 1. The molecule has 1 amide bonds. The van der Waals surface area contributed by atoms with E-state index in [1.165, 1.54) is 31.6 Å². The smallest absolute Gasteiger partial charge is 0.259 e. The monoisotopic (exact) mass is 402 g/mol. The van der Waals surface area contributed by atoms with Gasteiger partial charge in [-0.25, -0.2) is 14.1 Å². The molecule has 1 aromatic carbocycles. The van der Waals surface area contributed by atoms with Gasteiger partial charge in [0, 0.05) is 26.2 Å². The molecule has 10 heteroatoms. The van der Waals surface area contributed by atoms with E-state index in [4.69, 9.17) is 9.26 Å². The quantitative estimate of drug-likeness (QED) is 0.649. The maximum atomic E-state index is 13.8. The number of amides is 1. The van der Waals surface area contributed by atoms with Crippen LogP contribution < -0.4 is 15.0 Å². The topological polar surface area (TPSA) is 98.3 Å². The molecule has 2 aromatic heterocycles. The average Bonchev–Trinajstić information content (AvgIpc) is 3.35. The van der Waals surface area contributed by atoms with Gasteiger partial charge in [0.25, 0.3) is 5.91 Å². The van der Waals surface area contributed by atoms with Crippen molar-refractivity contribution in [2.75, 3.05) is 26.1 Å². The van der Waals surface area contributed by atoms with Crippen LogP contribution in [0.1, 0.15) is 36.1 Å². The number of rotatable bonds is 7. The predicted molar refractivity (Wildman–Crippen MR) is 104 cm³/mol. The summed E-state index contributed by atoms with van der Waals surface area (Å²) in [6.07, 6.45) is 1.45. The number of benzene rings is 1. The van der Waals surface area contributed by atoms with Gasteiger partial charge in [0.15, 0.2) is 23.1 Å². The van der Waals surface area contributed by atoms with Gasteiger partial charge in [-0.2, -0.15) is 5.10 Å². The number of aryl methyl sites for hydroxylation is 1. The molecular weight excluding hydrogens is 379 g/mol. The Morgan fingerprint density at radius 3 is 2.83 bits per heavy atom. The van der Waals surface area contributed by atoms with Crippen LogP contribution in [0.4, 0.5) is 10.2 Å². The van der Waals surface area contributed by atoms with E-state index in [0.29, 0.717) is 23.8 Å². The highest BCUT2D eigenvalue weighted by Gasteiger charge is 2.28. The summed E-state index contributed by atoms with van der Waals surface area (Å²) in [5.41, 5.74) is 0.705. The molecule has 9 nitrogen and oxygen atoms in total. The molecule has 2 heterocycles. The summed E-state index contributed by atoms with van der Waals surface area (Å²) in [4.78, 5) is 19.0. The number of carbonyl (C=O) groups excluding carboxylic acids is 1. The van der Waals surface area contributed by atoms with Crippen molar-refractivity contribution >= 4 is 11.7 Å². The van der Waals surface area contributed by atoms with E-state index in [9.17, 15) is 9.18 Å². The predicted octanol–water partition coefficient (Wildman–Crippen LogP) is 2.66. The molecule has 154 valence electrons. The summed E-state index contributed by atoms with van der Waals surface area (Å²) in [7, 11) is 4.87. The maximum absolute atomic E-state index is 13.8. The van der Waals surface area contributed by atoms with Crippen LogP contribution in [0.5, 0.6) is 5.75 Å². The van der Waals surface area contributed by atoms with Crippen LogP contribution in [0.25, 0.3) is 11.3 Å². The minimum atomic E-state index is -0.512. The summed E-state index contributed by atoms with van der Waals surface area (Å²) < 4.78 is 26.0. The zero-order valence-electron chi connectivity index (χ0n) is 16.9. The van der Waals surface area contributed by atoms with Gasteiger partial charge >= 0.3 is 0 Å². The van der Waals surface area contributed by atoms with Crippen molar-refractivity contribution in [3.8, 4) is 17.1 Å². The molecule has 0 spiro atoms. The van der Waals surface area contributed by atoms with E-state index in [1.54, 1.807) is 23.7 Å². The summed E-state index contributed by atoms with van der Waals surface area (Å²) >= 11 is 0. The first-order valence-corrected chi connectivity index (χ1v) is 9.06. The number of methoxy groups -OCH3 is 1. The van der Waals surface area contributed by atoms with Crippen molar-refractivity contribution < 1.29 is 18.4 Å². The molecule has 0 bridgehead atoms. The minimum absolute atomic E-state index is 0.0427. The zero-order valence-corrected chi connectivity index (χ0v) is 16.9. The Morgan fingerprint density at radius 1 is 1.41 bits per heavy atom. The lowest BCUT2D eigenvalue weighted by Gasteiger charge is -2.16. The molecule has 1 N–H and O–H groups in total. The number of carbonyl (C=O) groups is 1. The Bertz CT molecular complexity index is 1010. The van der Waals surface area contributed by atoms with Crippen molar-refractivity contribution in [2.24, 2.45) is 0 Å². The maximum Gasteiger partial charge on any atom is 0.259 e. The molecule has 1 unspecified atom stereocenters. The van der Waals surface area contributed by atoms with Gasteiger partial charge in [-0.1, -0.05) is 5.16 Å². The Labute approximate surface area is 167 Å². The molecule has 0 saturated carbocycles. The highest BCUT2D eigenvalue weighted by molar-refractivity contribution is 6.04. The lowest BCUT2D eigenvalue weighted by molar-refractivity contribution is 0.0938. The summed E-state index contributed by atoms with van der Waals surface area (Å²) in [5, 5.41) is 11.1. The minimum Gasteiger partial charge on any atom is -0.494 e. The van der Waals surface area contributed by atoms with E-state index in [1.807, 2.05) is 13.8 Å². The van der Waals surface area contributed by atoms with Crippen LogP contribution in [-0.4, -0.2) is 47.0 Å². The van der Waals surface area contributed by atoms with Crippen LogP contribution in [0.2, 0.25) is 0 Å². The third-order valence-corrected chi connectivity index (χ3v) is 4.42. The fourth-order valence-electron chi connectivity index (χ4n) is 2.98. The number of hydrogen-bond donors (Lipinski definition) is 1. The number of ether oxygens (including phenoxy) is 1. The first kappa shape index (κ1) is 20.3. The summed E-state index contributed by atoms with van der Waals surface area (Å²) in [6.45, 7) is 4.39. The van der Waals surface area contributed by atoms with E-state index in [-0.39, 0.29) is 17.1 Å². The number of nitrogens with one attached hydrogen (secondary N) is 1. The highest BCUT2D eigenvalue weighted by atomic mass is 19.1. The molecule has 0 aliphatic rings. The van der Waals surface area contributed by atoms with Crippen molar-refractivity contribution in [3.63, 3.8) is 0 Å². The SMILES string of the molecule is CCn1ncnc1C(C)NC(=O)c1c(N(C)C)noc1-c1ccc(F)c(OC)c1. The first-order chi connectivity index (χ1) is 13.9. The molecular formula is C19H23FN6O3. The second-order valence-corrected chi connectivity index (χ2v) is 6.58. The first-order valence-electron chi connectivity index (χ1n) is 9.06. The van der Waals surface area contributed by atoms with Crippen LogP contribution >= 0.6 is 0 Å². The van der Waals surface area contributed by atoms with Gasteiger partial charge in [-0.15, -0.1) is 0 Å². The average molecular weight is 402 g/mol. The Balaban J connectivity index is 1.99. The van der Waals surface area contributed by atoms with Crippen LogP contribution in [0.3, 0.4) is 0 Å². The van der Waals surface area contributed by atoms with E-state index in [2.05, 4.69) is 20.6 Å². The van der Waals surface area contributed by atoms with Gasteiger partial charge < -0.3 is 19.5 Å². The normalized spacial score (nSPS) is 11.9. The van der Waals surface area contributed by atoms with E-state index in [0.717, 1.165) is 0 Å². The Hall–Kier alpha value is -3.43. The van der Waals surface area contributed by atoms with Crippen molar-refractivity contribution in [1.82, 2.24) is 25.2 Å². The fourth-order valence-corrected chi connectivity index (χ4v) is 2.98. The zero-order chi connectivity index (χ0) is 21.1. The Kier molecular flexibility index (Phi) is 5.81. The molecule has 3 rings (SSSR count). The second-order valence-electron chi connectivity index (χ2n) is 6.58. The van der Waals surface area contributed by atoms with Gasteiger partial charge in [-0.3, -0.25) is 4.79 Å². The van der Waals surface area contributed by atoms with Crippen LogP contribution in [-0.2, 0) is 6.54 Å². The molecule has 29 heavy (non-hydrogen) atoms. The van der Waals surface area contributed by atoms with Gasteiger partial charge in [0.05, 0.1) is 13.2 Å². The van der Waals surface area contributed by atoms with Gasteiger partial charge in [-0.05, 0) is 32.0 Å². The van der Waals surface area contributed by atoms with Gasteiger partial charge in [0.2, 0.25) is 0 Å². The molecule has 3 aromatic rings. The van der Waals surface area contributed by atoms with Crippen molar-refractivity contribution in [3.05, 3.63) is 41.7 Å². The third kappa shape index (κ3) is 3.91. The molecule has 0 aliphatic heterocycles.